The number of nitrogens with zero attached hydrogens (tertiary/aromatic N) is 2. The Kier molecular flexibility index (Phi) is 7.84. The van der Waals surface area contributed by atoms with Gasteiger partial charge in [0, 0.05) is 18.7 Å². The number of ether oxygens (including phenoxy) is 4. The second-order valence-electron chi connectivity index (χ2n) is 6.65. The molecule has 2 amide bonds. The van der Waals surface area contributed by atoms with E-state index < -0.39 is 17.8 Å². The van der Waals surface area contributed by atoms with Crippen LogP contribution in [-0.2, 0) is 14.3 Å². The third-order valence-electron chi connectivity index (χ3n) is 4.56. The summed E-state index contributed by atoms with van der Waals surface area (Å²) in [5, 5.41) is 0.745. The zero-order valence-corrected chi connectivity index (χ0v) is 18.7. The highest BCUT2D eigenvalue weighted by Crippen LogP contribution is 2.28. The smallest absolute Gasteiger partial charge is 0.343 e. The van der Waals surface area contributed by atoms with Crippen molar-refractivity contribution in [2.24, 2.45) is 0 Å². The molecule has 12 heteroatoms. The van der Waals surface area contributed by atoms with Gasteiger partial charge in [-0.1, -0.05) is 11.3 Å². The van der Waals surface area contributed by atoms with Gasteiger partial charge in [0.1, 0.15) is 4.88 Å². The van der Waals surface area contributed by atoms with E-state index in [1.165, 1.54) is 43.8 Å². The third kappa shape index (κ3) is 5.65. The number of hydrogen-bond donors (Lipinski definition) is 2. The SMILES string of the molecule is COC(=O)COc1ccc(C(=O)NNC(=O)c2sc(N3CCOCC3)nc2C)cc1OC. The van der Waals surface area contributed by atoms with Gasteiger partial charge < -0.3 is 23.8 Å². The fourth-order valence-electron chi connectivity index (χ4n) is 2.85. The number of carbonyl (C=O) groups excluding carboxylic acids is 3. The summed E-state index contributed by atoms with van der Waals surface area (Å²) >= 11 is 1.26. The molecule has 2 N–H and O–H groups in total. The number of benzene rings is 1. The molecule has 0 saturated carbocycles. The van der Waals surface area contributed by atoms with E-state index in [-0.39, 0.29) is 23.7 Å². The van der Waals surface area contributed by atoms with Gasteiger partial charge in [-0.05, 0) is 25.1 Å². The fourth-order valence-corrected chi connectivity index (χ4v) is 3.86. The molecule has 1 fully saturated rings. The van der Waals surface area contributed by atoms with Crippen molar-refractivity contribution >= 4 is 34.3 Å². The number of methoxy groups -OCH3 is 2. The molecule has 172 valence electrons. The number of hydrazine groups is 1. The van der Waals surface area contributed by atoms with Gasteiger partial charge in [-0.3, -0.25) is 20.4 Å². The van der Waals surface area contributed by atoms with Crippen LogP contribution in [0.1, 0.15) is 25.7 Å². The number of thiazole rings is 1. The quantitative estimate of drug-likeness (QED) is 0.454. The molecule has 0 aliphatic carbocycles. The number of nitrogens with one attached hydrogen (secondary N) is 2. The maximum Gasteiger partial charge on any atom is 0.343 e. The lowest BCUT2D eigenvalue weighted by Gasteiger charge is -2.25. The zero-order valence-electron chi connectivity index (χ0n) is 17.9. The van der Waals surface area contributed by atoms with Gasteiger partial charge >= 0.3 is 5.97 Å². The number of rotatable bonds is 7. The van der Waals surface area contributed by atoms with Crippen LogP contribution in [0, 0.1) is 6.92 Å². The molecule has 2 aromatic rings. The number of anilines is 1. The van der Waals surface area contributed by atoms with Crippen LogP contribution in [0.2, 0.25) is 0 Å². The van der Waals surface area contributed by atoms with Gasteiger partial charge in [0.05, 0.1) is 33.1 Å². The molecule has 1 aliphatic heterocycles. The second-order valence-corrected chi connectivity index (χ2v) is 7.63. The predicted molar refractivity (Wildman–Crippen MR) is 115 cm³/mol. The maximum atomic E-state index is 12.6. The third-order valence-corrected chi connectivity index (χ3v) is 5.78. The van der Waals surface area contributed by atoms with Crippen molar-refractivity contribution in [1.29, 1.82) is 0 Å². The first-order chi connectivity index (χ1) is 15.4. The van der Waals surface area contributed by atoms with Gasteiger partial charge in [-0.25, -0.2) is 9.78 Å². The highest BCUT2D eigenvalue weighted by molar-refractivity contribution is 7.17. The Bertz CT molecular complexity index is 988. The number of aromatic nitrogens is 1. The van der Waals surface area contributed by atoms with Crippen LogP contribution in [0.3, 0.4) is 0 Å². The predicted octanol–water partition coefficient (Wildman–Crippen LogP) is 0.923. The Morgan fingerprint density at radius 1 is 1.12 bits per heavy atom. The summed E-state index contributed by atoms with van der Waals surface area (Å²) in [6.07, 6.45) is 0. The first-order valence-corrected chi connectivity index (χ1v) is 10.5. The summed E-state index contributed by atoms with van der Waals surface area (Å²) in [6, 6.07) is 4.40. The molecular formula is C20H24N4O7S. The lowest BCUT2D eigenvalue weighted by Crippen LogP contribution is -2.41. The van der Waals surface area contributed by atoms with Gasteiger partial charge in [0.15, 0.2) is 23.2 Å². The molecule has 2 heterocycles. The molecule has 1 aromatic heterocycles. The van der Waals surface area contributed by atoms with Crippen LogP contribution in [0.4, 0.5) is 5.13 Å². The average Bonchev–Trinajstić information content (AvgIpc) is 3.22. The van der Waals surface area contributed by atoms with Crippen LogP contribution in [0.25, 0.3) is 0 Å². The topological polar surface area (TPSA) is 128 Å². The molecule has 32 heavy (non-hydrogen) atoms. The van der Waals surface area contributed by atoms with Crippen LogP contribution < -0.4 is 25.2 Å². The summed E-state index contributed by atoms with van der Waals surface area (Å²) < 4.78 is 20.4. The number of hydrogen-bond acceptors (Lipinski definition) is 10. The number of carbonyl (C=O) groups is 3. The van der Waals surface area contributed by atoms with Crippen LogP contribution >= 0.6 is 11.3 Å². The molecular weight excluding hydrogens is 440 g/mol. The van der Waals surface area contributed by atoms with E-state index in [1.807, 2.05) is 0 Å². The minimum atomic E-state index is -0.549. The fraction of sp³-hybridized carbons (Fsp3) is 0.400. The monoisotopic (exact) mass is 464 g/mol. The van der Waals surface area contributed by atoms with Gasteiger partial charge in [-0.2, -0.15) is 0 Å². The summed E-state index contributed by atoms with van der Waals surface area (Å²) in [7, 11) is 2.66. The van der Waals surface area contributed by atoms with Crippen molar-refractivity contribution in [1.82, 2.24) is 15.8 Å². The summed E-state index contributed by atoms with van der Waals surface area (Å²) in [6.45, 7) is 4.11. The molecule has 1 aliphatic rings. The lowest BCUT2D eigenvalue weighted by molar-refractivity contribution is -0.142. The Hall–Kier alpha value is -3.38. The normalized spacial score (nSPS) is 13.3. The van der Waals surface area contributed by atoms with E-state index in [1.54, 1.807) is 6.92 Å². The number of esters is 1. The molecule has 1 saturated heterocycles. The molecule has 11 nitrogen and oxygen atoms in total. The second kappa shape index (κ2) is 10.8. The Morgan fingerprint density at radius 2 is 1.84 bits per heavy atom. The zero-order chi connectivity index (χ0) is 23.1. The highest BCUT2D eigenvalue weighted by Gasteiger charge is 2.21. The van der Waals surface area contributed by atoms with Crippen molar-refractivity contribution in [3.8, 4) is 11.5 Å². The maximum absolute atomic E-state index is 12.6. The van der Waals surface area contributed by atoms with Crippen molar-refractivity contribution in [3.05, 3.63) is 34.3 Å². The highest BCUT2D eigenvalue weighted by atomic mass is 32.1. The number of morpholine rings is 1. The van der Waals surface area contributed by atoms with E-state index in [2.05, 4.69) is 25.5 Å². The lowest BCUT2D eigenvalue weighted by atomic mass is 10.2. The van der Waals surface area contributed by atoms with Crippen molar-refractivity contribution in [2.75, 3.05) is 52.0 Å². The molecule has 0 spiro atoms. The van der Waals surface area contributed by atoms with Gasteiger partial charge in [0.25, 0.3) is 11.8 Å². The van der Waals surface area contributed by atoms with E-state index in [0.717, 1.165) is 5.13 Å². The summed E-state index contributed by atoms with van der Waals surface area (Å²) in [4.78, 5) is 43.2. The number of aryl methyl sites for hydroxylation is 1. The van der Waals surface area contributed by atoms with E-state index in [4.69, 9.17) is 14.2 Å². The molecule has 0 atom stereocenters. The van der Waals surface area contributed by atoms with Crippen molar-refractivity contribution < 1.29 is 33.3 Å². The first-order valence-electron chi connectivity index (χ1n) is 9.71. The molecule has 1 aromatic carbocycles. The van der Waals surface area contributed by atoms with Gasteiger partial charge in [-0.15, -0.1) is 0 Å². The minimum absolute atomic E-state index is 0.225. The van der Waals surface area contributed by atoms with Crippen LogP contribution in [0.15, 0.2) is 18.2 Å². The standard InChI is InChI=1S/C20H24N4O7S/c1-12-17(32-20(21-12)24-6-8-30-9-7-24)19(27)23-22-18(26)13-4-5-14(15(10-13)28-2)31-11-16(25)29-3/h4-5,10H,6-9,11H2,1-3H3,(H,22,26)(H,23,27). The first kappa shape index (κ1) is 23.3. The molecule has 0 bridgehead atoms. The van der Waals surface area contributed by atoms with Crippen LogP contribution in [-0.4, -0.2) is 69.9 Å². The Balaban J connectivity index is 1.61. The Labute approximate surface area is 188 Å². The average molecular weight is 465 g/mol. The Morgan fingerprint density at radius 3 is 2.53 bits per heavy atom. The largest absolute Gasteiger partial charge is 0.493 e. The summed E-state index contributed by atoms with van der Waals surface area (Å²) in [5.74, 6) is -1.04. The van der Waals surface area contributed by atoms with Gasteiger partial charge in [0.2, 0.25) is 0 Å². The van der Waals surface area contributed by atoms with E-state index in [9.17, 15) is 14.4 Å². The summed E-state index contributed by atoms with van der Waals surface area (Å²) in [5.41, 5.74) is 5.59. The van der Waals surface area contributed by atoms with E-state index in [0.29, 0.717) is 36.9 Å². The number of amides is 2. The van der Waals surface area contributed by atoms with E-state index >= 15 is 0 Å². The molecule has 3 rings (SSSR count). The van der Waals surface area contributed by atoms with Crippen molar-refractivity contribution in [3.63, 3.8) is 0 Å². The minimum Gasteiger partial charge on any atom is -0.493 e. The van der Waals surface area contributed by atoms with Crippen LogP contribution in [0.5, 0.6) is 11.5 Å². The molecule has 0 unspecified atom stereocenters. The molecule has 0 radical (unpaired) electrons. The van der Waals surface area contributed by atoms with Crippen molar-refractivity contribution in [2.45, 2.75) is 6.92 Å².